The average Bonchev–Trinajstić information content (AvgIpc) is 2.31. The summed E-state index contributed by atoms with van der Waals surface area (Å²) in [5.41, 5.74) is 6.11. The number of halogens is 2. The number of likely N-dealkylation sites (N-methyl/N-ethyl adjacent to an activating group) is 1. The molecule has 0 heterocycles. The summed E-state index contributed by atoms with van der Waals surface area (Å²) in [4.78, 5) is 12.1. The van der Waals surface area contributed by atoms with Gasteiger partial charge in [0, 0.05) is 18.6 Å². The highest BCUT2D eigenvalue weighted by molar-refractivity contribution is 5.85. The van der Waals surface area contributed by atoms with Crippen LogP contribution in [0.25, 0.3) is 0 Å². The number of hydrogen-bond acceptors (Lipinski definition) is 3. The molecule has 0 aromatic carbocycles. The quantitative estimate of drug-likeness (QED) is 0.742. The van der Waals surface area contributed by atoms with Crippen LogP contribution in [0, 0.1) is 5.92 Å². The molecule has 0 aliphatic heterocycles. The van der Waals surface area contributed by atoms with E-state index < -0.39 is 0 Å². The van der Waals surface area contributed by atoms with Gasteiger partial charge in [0.25, 0.3) is 0 Å². The van der Waals surface area contributed by atoms with Crippen molar-refractivity contribution in [3.05, 3.63) is 0 Å². The number of carbonyl (C=O) groups is 1. The summed E-state index contributed by atoms with van der Waals surface area (Å²) < 4.78 is 0. The second-order valence-corrected chi connectivity index (χ2v) is 5.20. The first-order chi connectivity index (χ1) is 8.15. The Kier molecular flexibility index (Phi) is 13.2. The standard InChI is InChI=1S/C13H27N3O.2ClH/c1-10(15-2)9-16-13(17)11-7-5-3-4-6-8-12(11)14;;/h10-12,15H,3-9,14H2,1-2H3,(H,16,17);2*1H. The predicted octanol–water partition coefficient (Wildman–Crippen LogP) is 1.85. The Morgan fingerprint density at radius 3 is 2.37 bits per heavy atom. The monoisotopic (exact) mass is 313 g/mol. The van der Waals surface area contributed by atoms with Crippen LogP contribution in [-0.2, 0) is 4.79 Å². The van der Waals surface area contributed by atoms with E-state index in [1.807, 2.05) is 7.05 Å². The molecule has 6 heteroatoms. The van der Waals surface area contributed by atoms with Gasteiger partial charge in [-0.15, -0.1) is 24.8 Å². The molecular weight excluding hydrogens is 285 g/mol. The van der Waals surface area contributed by atoms with Gasteiger partial charge >= 0.3 is 0 Å². The summed E-state index contributed by atoms with van der Waals surface area (Å²) in [5, 5.41) is 6.11. The lowest BCUT2D eigenvalue weighted by molar-refractivity contribution is -0.126. The molecule has 4 nitrogen and oxygen atoms in total. The maximum absolute atomic E-state index is 12.1. The van der Waals surface area contributed by atoms with Crippen LogP contribution in [0.15, 0.2) is 0 Å². The highest BCUT2D eigenvalue weighted by Crippen LogP contribution is 2.21. The molecule has 1 aliphatic carbocycles. The van der Waals surface area contributed by atoms with E-state index in [4.69, 9.17) is 5.73 Å². The molecular formula is C13H29Cl2N3O. The van der Waals surface area contributed by atoms with Crippen LogP contribution in [-0.4, -0.2) is 31.6 Å². The van der Waals surface area contributed by atoms with Gasteiger partial charge in [0.05, 0.1) is 5.92 Å². The van der Waals surface area contributed by atoms with Gasteiger partial charge in [-0.2, -0.15) is 0 Å². The maximum Gasteiger partial charge on any atom is 0.224 e. The van der Waals surface area contributed by atoms with Crippen molar-refractivity contribution in [2.24, 2.45) is 11.7 Å². The van der Waals surface area contributed by atoms with Crippen molar-refractivity contribution in [1.29, 1.82) is 0 Å². The molecule has 3 unspecified atom stereocenters. The highest BCUT2D eigenvalue weighted by atomic mass is 35.5. The number of hydrogen-bond donors (Lipinski definition) is 3. The Morgan fingerprint density at radius 1 is 1.21 bits per heavy atom. The van der Waals surface area contributed by atoms with Gasteiger partial charge in [-0.3, -0.25) is 4.79 Å². The van der Waals surface area contributed by atoms with Gasteiger partial charge in [0.15, 0.2) is 0 Å². The first-order valence-corrected chi connectivity index (χ1v) is 6.85. The van der Waals surface area contributed by atoms with Gasteiger partial charge in [-0.1, -0.05) is 25.7 Å². The Hall–Kier alpha value is -0.0300. The van der Waals surface area contributed by atoms with E-state index in [0.717, 1.165) is 25.7 Å². The van der Waals surface area contributed by atoms with Crippen molar-refractivity contribution >= 4 is 30.7 Å². The van der Waals surface area contributed by atoms with E-state index in [0.29, 0.717) is 12.6 Å². The zero-order valence-electron chi connectivity index (χ0n) is 12.0. The SMILES string of the molecule is CNC(C)CNC(=O)C1CCCCCCC1N.Cl.Cl. The largest absolute Gasteiger partial charge is 0.354 e. The summed E-state index contributed by atoms with van der Waals surface area (Å²) in [6.45, 7) is 2.73. The fourth-order valence-corrected chi connectivity index (χ4v) is 2.33. The van der Waals surface area contributed by atoms with Crippen LogP contribution < -0.4 is 16.4 Å². The van der Waals surface area contributed by atoms with E-state index in [2.05, 4.69) is 17.6 Å². The Balaban J connectivity index is 0. The fraction of sp³-hybridized carbons (Fsp3) is 0.923. The highest BCUT2D eigenvalue weighted by Gasteiger charge is 2.26. The molecule has 4 N–H and O–H groups in total. The number of nitrogens with two attached hydrogens (primary N) is 1. The lowest BCUT2D eigenvalue weighted by Crippen LogP contribution is -2.45. The Morgan fingerprint density at radius 2 is 1.79 bits per heavy atom. The minimum Gasteiger partial charge on any atom is -0.354 e. The van der Waals surface area contributed by atoms with Crippen LogP contribution in [0.2, 0.25) is 0 Å². The zero-order valence-corrected chi connectivity index (χ0v) is 13.6. The molecule has 1 amide bonds. The van der Waals surface area contributed by atoms with Crippen molar-refractivity contribution < 1.29 is 4.79 Å². The van der Waals surface area contributed by atoms with Gasteiger partial charge in [0.2, 0.25) is 5.91 Å². The first-order valence-electron chi connectivity index (χ1n) is 6.85. The fourth-order valence-electron chi connectivity index (χ4n) is 2.33. The molecule has 19 heavy (non-hydrogen) atoms. The van der Waals surface area contributed by atoms with E-state index in [1.165, 1.54) is 12.8 Å². The van der Waals surface area contributed by atoms with Gasteiger partial charge < -0.3 is 16.4 Å². The topological polar surface area (TPSA) is 67.1 Å². The first kappa shape index (κ1) is 21.3. The van der Waals surface area contributed by atoms with E-state index in [-0.39, 0.29) is 42.7 Å². The molecule has 0 saturated heterocycles. The summed E-state index contributed by atoms with van der Waals surface area (Å²) >= 11 is 0. The van der Waals surface area contributed by atoms with Crippen molar-refractivity contribution in [3.63, 3.8) is 0 Å². The minimum absolute atomic E-state index is 0. The number of amides is 1. The minimum atomic E-state index is 0. The average molecular weight is 314 g/mol. The molecule has 0 spiro atoms. The van der Waals surface area contributed by atoms with Crippen LogP contribution in [0.4, 0.5) is 0 Å². The normalized spacial score (nSPS) is 25.0. The molecule has 1 fully saturated rings. The summed E-state index contributed by atoms with van der Waals surface area (Å²) in [6, 6.07) is 0.351. The van der Waals surface area contributed by atoms with Crippen LogP contribution in [0.1, 0.15) is 45.4 Å². The van der Waals surface area contributed by atoms with Gasteiger partial charge in [-0.25, -0.2) is 0 Å². The van der Waals surface area contributed by atoms with E-state index in [9.17, 15) is 4.79 Å². The number of rotatable bonds is 4. The second-order valence-electron chi connectivity index (χ2n) is 5.20. The zero-order chi connectivity index (χ0) is 12.7. The molecule has 116 valence electrons. The summed E-state index contributed by atoms with van der Waals surface area (Å²) in [7, 11) is 1.90. The van der Waals surface area contributed by atoms with E-state index in [1.54, 1.807) is 0 Å². The smallest absolute Gasteiger partial charge is 0.224 e. The van der Waals surface area contributed by atoms with E-state index >= 15 is 0 Å². The number of carbonyl (C=O) groups excluding carboxylic acids is 1. The molecule has 3 atom stereocenters. The molecule has 0 bridgehead atoms. The molecule has 1 rings (SSSR count). The third-order valence-corrected chi connectivity index (χ3v) is 3.73. The molecule has 1 aliphatic rings. The third kappa shape index (κ3) is 7.98. The Bertz CT molecular complexity index is 242. The van der Waals surface area contributed by atoms with Crippen LogP contribution in [0.5, 0.6) is 0 Å². The lowest BCUT2D eigenvalue weighted by Gasteiger charge is -2.26. The predicted molar refractivity (Wildman–Crippen MR) is 85.2 cm³/mol. The maximum atomic E-state index is 12.1. The van der Waals surface area contributed by atoms with Crippen molar-refractivity contribution in [2.75, 3.05) is 13.6 Å². The summed E-state index contributed by atoms with van der Waals surface area (Å²) in [5.74, 6) is 0.154. The van der Waals surface area contributed by atoms with Crippen LogP contribution >= 0.6 is 24.8 Å². The second kappa shape index (κ2) is 11.8. The van der Waals surface area contributed by atoms with Crippen LogP contribution in [0.3, 0.4) is 0 Å². The molecule has 0 aromatic heterocycles. The molecule has 0 radical (unpaired) electrons. The summed E-state index contributed by atoms with van der Waals surface area (Å²) in [6.07, 6.45) is 6.73. The third-order valence-electron chi connectivity index (χ3n) is 3.73. The van der Waals surface area contributed by atoms with Crippen molar-refractivity contribution in [3.8, 4) is 0 Å². The molecule has 0 aromatic rings. The van der Waals surface area contributed by atoms with Gasteiger partial charge in [0.1, 0.15) is 0 Å². The Labute approximate surface area is 129 Å². The molecule has 1 saturated carbocycles. The van der Waals surface area contributed by atoms with Gasteiger partial charge in [-0.05, 0) is 26.8 Å². The van der Waals surface area contributed by atoms with Crippen molar-refractivity contribution in [1.82, 2.24) is 10.6 Å². The van der Waals surface area contributed by atoms with Crippen molar-refractivity contribution in [2.45, 2.75) is 57.5 Å². The number of nitrogens with one attached hydrogen (secondary N) is 2. The lowest BCUT2D eigenvalue weighted by atomic mass is 9.86.